The van der Waals surface area contributed by atoms with Crippen LogP contribution >= 0.6 is 0 Å². The Morgan fingerprint density at radius 3 is 2.79 bits per heavy atom. The minimum Gasteiger partial charge on any atom is -0.324 e. The van der Waals surface area contributed by atoms with Crippen LogP contribution in [-0.2, 0) is 28.4 Å². The lowest BCUT2D eigenvalue weighted by atomic mass is 9.99. The van der Waals surface area contributed by atoms with Crippen molar-refractivity contribution >= 4 is 21.6 Å². The van der Waals surface area contributed by atoms with E-state index in [4.69, 9.17) is 0 Å². The maximum Gasteiger partial charge on any atom is 0.346 e. The second-order valence-corrected chi connectivity index (χ2v) is 9.22. The van der Waals surface area contributed by atoms with Gasteiger partial charge in [-0.3, -0.25) is 9.36 Å². The van der Waals surface area contributed by atoms with E-state index in [1.165, 1.54) is 15.1 Å². The Morgan fingerprint density at radius 2 is 2.11 bits per heavy atom. The number of rotatable bonds is 5. The van der Waals surface area contributed by atoms with Crippen LogP contribution in [0.4, 0.5) is 5.69 Å². The smallest absolute Gasteiger partial charge is 0.324 e. The highest BCUT2D eigenvalue weighted by molar-refractivity contribution is 7.88. The van der Waals surface area contributed by atoms with Crippen LogP contribution in [-0.4, -0.2) is 52.3 Å². The van der Waals surface area contributed by atoms with Gasteiger partial charge in [0, 0.05) is 31.7 Å². The van der Waals surface area contributed by atoms with E-state index in [0.29, 0.717) is 31.0 Å². The Kier molecular flexibility index (Phi) is 5.71. The van der Waals surface area contributed by atoms with Crippen LogP contribution in [0.1, 0.15) is 30.1 Å². The van der Waals surface area contributed by atoms with E-state index in [-0.39, 0.29) is 18.4 Å². The fourth-order valence-corrected chi connectivity index (χ4v) is 4.39. The number of hydrogen-bond acceptors (Lipinski definition) is 5. The third-order valence-electron chi connectivity index (χ3n) is 4.89. The molecule has 0 bridgehead atoms. The van der Waals surface area contributed by atoms with Crippen molar-refractivity contribution in [2.75, 3.05) is 24.7 Å². The van der Waals surface area contributed by atoms with E-state index in [1.54, 1.807) is 13.1 Å². The summed E-state index contributed by atoms with van der Waals surface area (Å²) < 4.78 is 27.6. The van der Waals surface area contributed by atoms with E-state index in [2.05, 4.69) is 10.4 Å². The van der Waals surface area contributed by atoms with Gasteiger partial charge in [-0.2, -0.15) is 5.10 Å². The van der Waals surface area contributed by atoms with Gasteiger partial charge >= 0.3 is 5.69 Å². The first kappa shape index (κ1) is 20.3. The van der Waals surface area contributed by atoms with Crippen LogP contribution in [0.3, 0.4) is 0 Å². The van der Waals surface area contributed by atoms with Gasteiger partial charge in [-0.1, -0.05) is 12.1 Å². The summed E-state index contributed by atoms with van der Waals surface area (Å²) in [6.45, 7) is 2.49. The van der Waals surface area contributed by atoms with E-state index in [1.807, 2.05) is 25.1 Å². The van der Waals surface area contributed by atoms with Crippen LogP contribution in [0.25, 0.3) is 0 Å². The monoisotopic (exact) mass is 407 g/mol. The lowest BCUT2D eigenvalue weighted by molar-refractivity contribution is -0.117. The average Bonchev–Trinajstić information content (AvgIpc) is 2.89. The molecule has 3 rings (SSSR count). The molecule has 0 radical (unpaired) electrons. The fraction of sp³-hybridized carbons (Fsp3) is 0.500. The number of anilines is 1. The van der Waals surface area contributed by atoms with Crippen LogP contribution in [0.5, 0.6) is 0 Å². The zero-order valence-electron chi connectivity index (χ0n) is 16.3. The number of amides is 1. The molecule has 10 heteroatoms. The lowest BCUT2D eigenvalue weighted by Crippen LogP contribution is -2.39. The number of nitrogens with one attached hydrogen (secondary N) is 1. The van der Waals surface area contributed by atoms with Gasteiger partial charge in [0.2, 0.25) is 15.9 Å². The van der Waals surface area contributed by atoms with Gasteiger partial charge in [0.05, 0.1) is 6.26 Å². The first-order chi connectivity index (χ1) is 13.1. The molecule has 0 saturated carbocycles. The molecule has 1 fully saturated rings. The Morgan fingerprint density at radius 1 is 1.36 bits per heavy atom. The molecule has 0 spiro atoms. The molecule has 1 saturated heterocycles. The Hall–Kier alpha value is -2.46. The number of piperidine rings is 1. The summed E-state index contributed by atoms with van der Waals surface area (Å²) in [7, 11) is -1.70. The zero-order valence-corrected chi connectivity index (χ0v) is 17.1. The first-order valence-corrected chi connectivity index (χ1v) is 11.0. The molecule has 1 atom stereocenters. The molecule has 2 heterocycles. The fourth-order valence-electron chi connectivity index (χ4n) is 3.48. The second kappa shape index (κ2) is 7.88. The Labute approximate surface area is 164 Å². The van der Waals surface area contributed by atoms with Gasteiger partial charge in [0.15, 0.2) is 0 Å². The molecule has 1 aliphatic heterocycles. The molecule has 1 N–H and O–H groups in total. The number of benzene rings is 1. The highest BCUT2D eigenvalue weighted by Crippen LogP contribution is 2.26. The van der Waals surface area contributed by atoms with E-state index in [9.17, 15) is 18.0 Å². The molecule has 2 aromatic rings. The van der Waals surface area contributed by atoms with Crippen molar-refractivity contribution in [2.45, 2.75) is 32.2 Å². The summed E-state index contributed by atoms with van der Waals surface area (Å²) >= 11 is 0. The van der Waals surface area contributed by atoms with Gasteiger partial charge in [-0.05, 0) is 37.5 Å². The van der Waals surface area contributed by atoms with Crippen molar-refractivity contribution in [1.82, 2.24) is 18.7 Å². The van der Waals surface area contributed by atoms with Gasteiger partial charge < -0.3 is 5.32 Å². The maximum atomic E-state index is 12.5. The summed E-state index contributed by atoms with van der Waals surface area (Å²) in [6.07, 6.45) is 2.63. The van der Waals surface area contributed by atoms with Crippen LogP contribution in [0, 0.1) is 6.92 Å². The molecule has 1 unspecified atom stereocenters. The highest BCUT2D eigenvalue weighted by atomic mass is 32.2. The quantitative estimate of drug-likeness (QED) is 0.784. The summed E-state index contributed by atoms with van der Waals surface area (Å²) in [5.41, 5.74) is 1.28. The number of aromatic nitrogens is 3. The van der Waals surface area contributed by atoms with Crippen LogP contribution < -0.4 is 11.0 Å². The normalized spacial score (nSPS) is 18.2. The predicted octanol–water partition coefficient (Wildman–Crippen LogP) is 0.668. The number of aryl methyl sites for hydroxylation is 1. The van der Waals surface area contributed by atoms with Crippen LogP contribution in [0.15, 0.2) is 29.1 Å². The van der Waals surface area contributed by atoms with Gasteiger partial charge in [-0.25, -0.2) is 22.2 Å². The standard InChI is InChI=1S/C18H25N5O4S/c1-13-6-4-8-15(10-13)19-16(24)12-23-18(25)21(2)17(20-23)14-7-5-9-22(11-14)28(3,26)27/h4,6,8,10,14H,5,7,9,11-12H2,1-3H3,(H,19,24). The molecule has 1 amide bonds. The van der Waals surface area contributed by atoms with Gasteiger partial charge in [0.1, 0.15) is 12.4 Å². The lowest BCUT2D eigenvalue weighted by Gasteiger charge is -2.30. The number of hydrogen-bond donors (Lipinski definition) is 1. The minimum atomic E-state index is -3.29. The molecular formula is C18H25N5O4S. The van der Waals surface area contributed by atoms with E-state index >= 15 is 0 Å². The second-order valence-electron chi connectivity index (χ2n) is 7.24. The third kappa shape index (κ3) is 4.50. The molecule has 0 aliphatic carbocycles. The zero-order chi connectivity index (χ0) is 20.5. The molecule has 28 heavy (non-hydrogen) atoms. The Balaban J connectivity index is 1.76. The summed E-state index contributed by atoms with van der Waals surface area (Å²) in [5, 5.41) is 7.09. The number of carbonyl (C=O) groups is 1. The maximum absolute atomic E-state index is 12.5. The number of carbonyl (C=O) groups excluding carboxylic acids is 1. The number of sulfonamides is 1. The molecule has 1 aliphatic rings. The first-order valence-electron chi connectivity index (χ1n) is 9.10. The summed E-state index contributed by atoms with van der Waals surface area (Å²) in [6, 6.07) is 7.38. The topological polar surface area (TPSA) is 106 Å². The predicted molar refractivity (Wildman–Crippen MR) is 106 cm³/mol. The molecular weight excluding hydrogens is 382 g/mol. The van der Waals surface area contributed by atoms with E-state index in [0.717, 1.165) is 16.7 Å². The molecule has 1 aromatic heterocycles. The van der Waals surface area contributed by atoms with Crippen molar-refractivity contribution < 1.29 is 13.2 Å². The number of nitrogens with zero attached hydrogens (tertiary/aromatic N) is 4. The molecule has 9 nitrogen and oxygen atoms in total. The summed E-state index contributed by atoms with van der Waals surface area (Å²) in [4.78, 5) is 24.8. The van der Waals surface area contributed by atoms with Crippen molar-refractivity contribution in [3.05, 3.63) is 46.1 Å². The highest BCUT2D eigenvalue weighted by Gasteiger charge is 2.30. The molecule has 152 valence electrons. The average molecular weight is 407 g/mol. The summed E-state index contributed by atoms with van der Waals surface area (Å²) in [5.74, 6) is -0.0253. The van der Waals surface area contributed by atoms with Gasteiger partial charge in [0.25, 0.3) is 0 Å². The third-order valence-corrected chi connectivity index (χ3v) is 6.16. The van der Waals surface area contributed by atoms with Crippen molar-refractivity contribution in [3.8, 4) is 0 Å². The van der Waals surface area contributed by atoms with Crippen molar-refractivity contribution in [3.63, 3.8) is 0 Å². The minimum absolute atomic E-state index is 0.178. The van der Waals surface area contributed by atoms with Crippen molar-refractivity contribution in [1.29, 1.82) is 0 Å². The van der Waals surface area contributed by atoms with Crippen LogP contribution in [0.2, 0.25) is 0 Å². The van der Waals surface area contributed by atoms with E-state index < -0.39 is 15.7 Å². The SMILES string of the molecule is Cc1cccc(NC(=O)Cn2nc(C3CCCN(S(C)(=O)=O)C3)n(C)c2=O)c1. The Bertz CT molecular complexity index is 1040. The largest absolute Gasteiger partial charge is 0.346 e. The molecule has 1 aromatic carbocycles. The van der Waals surface area contributed by atoms with Gasteiger partial charge in [-0.15, -0.1) is 0 Å². The van der Waals surface area contributed by atoms with Crippen molar-refractivity contribution in [2.24, 2.45) is 7.05 Å².